The Hall–Kier alpha value is -1.99. The lowest BCUT2D eigenvalue weighted by Gasteiger charge is -2.10. The van der Waals surface area contributed by atoms with Crippen LogP contribution in [0.25, 0.3) is 0 Å². The molecule has 3 rings (SSSR count). The molecule has 1 amide bonds. The van der Waals surface area contributed by atoms with Crippen molar-refractivity contribution in [2.75, 3.05) is 0 Å². The van der Waals surface area contributed by atoms with Crippen molar-refractivity contribution < 1.29 is 9.00 Å². The Morgan fingerprint density at radius 1 is 0.792 bits per heavy atom. The van der Waals surface area contributed by atoms with E-state index in [-0.39, 0.29) is 0 Å². The molecular weight excluding hydrogens is 433 g/mol. The predicted octanol–water partition coefficient (Wildman–Crippen LogP) is 5.02. The van der Waals surface area contributed by atoms with Crippen molar-refractivity contribution in [2.45, 2.75) is 9.79 Å². The lowest BCUT2D eigenvalue weighted by molar-refractivity contribution is 0.100. The topological polar surface area (TPSA) is 46.5 Å². The molecule has 120 valence electrons. The summed E-state index contributed by atoms with van der Waals surface area (Å²) in [5.41, 5.74) is 0.432. The fraction of sp³-hybridized carbons (Fsp3) is 0. The van der Waals surface area contributed by atoms with Gasteiger partial charge in [-0.05, 0) is 65.1 Å². The second kappa shape index (κ2) is 7.27. The fourth-order valence-electron chi connectivity index (χ4n) is 2.24. The average Bonchev–Trinajstić information content (AvgIpc) is 2.63. The largest absolute Gasteiger partial charge is 0.285 e. The summed E-state index contributed by atoms with van der Waals surface area (Å²) < 4.78 is 18.7. The number of amides is 1. The number of hydrogen-bond donors (Lipinski definition) is 0. The van der Waals surface area contributed by atoms with Crippen LogP contribution in [0.1, 0.15) is 10.4 Å². The number of nitrogens with zero attached hydrogens (tertiary/aromatic N) is 1. The van der Waals surface area contributed by atoms with E-state index in [1.54, 1.807) is 66.7 Å². The van der Waals surface area contributed by atoms with Crippen LogP contribution >= 0.6 is 22.6 Å². The average molecular weight is 447 g/mol. The third-order valence-corrected chi connectivity index (χ3v) is 6.32. The third-order valence-electron chi connectivity index (χ3n) is 3.41. The first-order chi connectivity index (χ1) is 11.6. The molecule has 24 heavy (non-hydrogen) atoms. The van der Waals surface area contributed by atoms with Crippen molar-refractivity contribution in [3.63, 3.8) is 0 Å². The van der Waals surface area contributed by atoms with Crippen molar-refractivity contribution in [1.29, 1.82) is 0 Å². The molecule has 0 fully saturated rings. The number of rotatable bonds is 3. The molecule has 3 aromatic rings. The quantitative estimate of drug-likeness (QED) is 0.530. The van der Waals surface area contributed by atoms with Gasteiger partial charge in [-0.3, -0.25) is 4.79 Å². The molecule has 0 spiro atoms. The maximum absolute atomic E-state index is 13.7. The van der Waals surface area contributed by atoms with E-state index >= 15 is 0 Å². The zero-order valence-electron chi connectivity index (χ0n) is 12.6. The highest BCUT2D eigenvalue weighted by Gasteiger charge is 2.18. The van der Waals surface area contributed by atoms with E-state index in [1.165, 1.54) is 0 Å². The molecular formula is C19H14INO2S. The summed E-state index contributed by atoms with van der Waals surface area (Å²) in [6.45, 7) is 0. The smallest absolute Gasteiger partial charge is 0.266 e. The predicted molar refractivity (Wildman–Crippen MR) is 103 cm³/mol. The summed E-state index contributed by atoms with van der Waals surface area (Å²) >= 11 is 2.13. The fourth-order valence-corrected chi connectivity index (χ4v) is 4.66. The molecule has 0 heterocycles. The highest BCUT2D eigenvalue weighted by atomic mass is 127. The summed E-state index contributed by atoms with van der Waals surface area (Å²) in [7, 11) is -3.03. The second-order valence-electron chi connectivity index (χ2n) is 5.06. The van der Waals surface area contributed by atoms with Gasteiger partial charge < -0.3 is 0 Å². The van der Waals surface area contributed by atoms with Gasteiger partial charge in [0.05, 0.1) is 9.79 Å². The summed E-state index contributed by atoms with van der Waals surface area (Å²) in [5, 5.41) is 0. The molecule has 0 atom stereocenters. The Morgan fingerprint density at radius 2 is 1.33 bits per heavy atom. The molecule has 5 heteroatoms. The second-order valence-corrected chi connectivity index (χ2v) is 8.48. The van der Waals surface area contributed by atoms with Crippen LogP contribution in [0.5, 0.6) is 0 Å². The van der Waals surface area contributed by atoms with E-state index in [1.807, 2.05) is 18.2 Å². The van der Waals surface area contributed by atoms with E-state index in [0.29, 0.717) is 15.4 Å². The van der Waals surface area contributed by atoms with Crippen molar-refractivity contribution in [3.05, 3.63) is 94.1 Å². The van der Waals surface area contributed by atoms with E-state index in [2.05, 4.69) is 27.0 Å². The minimum Gasteiger partial charge on any atom is -0.266 e. The Kier molecular flexibility index (Phi) is 5.11. The number of hydrogen-bond acceptors (Lipinski definition) is 2. The summed E-state index contributed by atoms with van der Waals surface area (Å²) in [6.07, 6.45) is 0. The summed E-state index contributed by atoms with van der Waals surface area (Å²) in [5.74, 6) is -0.480. The van der Waals surface area contributed by atoms with E-state index in [9.17, 15) is 9.00 Å². The van der Waals surface area contributed by atoms with Gasteiger partial charge >= 0.3 is 0 Å². The molecule has 0 bridgehead atoms. The number of halogens is 1. The summed E-state index contributed by atoms with van der Waals surface area (Å²) in [4.78, 5) is 13.7. The van der Waals surface area contributed by atoms with Gasteiger partial charge in [0.2, 0.25) is 0 Å². The van der Waals surface area contributed by atoms with Gasteiger partial charge in [-0.2, -0.15) is 0 Å². The zero-order valence-corrected chi connectivity index (χ0v) is 15.6. The molecule has 0 aliphatic carbocycles. The van der Waals surface area contributed by atoms with Crippen LogP contribution < -0.4 is 0 Å². The molecule has 0 saturated heterocycles. The minimum atomic E-state index is -3.03. The Morgan fingerprint density at radius 3 is 1.83 bits per heavy atom. The van der Waals surface area contributed by atoms with E-state index < -0.39 is 15.6 Å². The van der Waals surface area contributed by atoms with Crippen molar-refractivity contribution in [2.24, 2.45) is 4.36 Å². The first kappa shape index (κ1) is 16.9. The Balaban J connectivity index is 2.19. The van der Waals surface area contributed by atoms with Crippen LogP contribution in [-0.4, -0.2) is 10.1 Å². The molecule has 3 nitrogen and oxygen atoms in total. The normalized spacial score (nSPS) is 11.0. The summed E-state index contributed by atoms with van der Waals surface area (Å²) in [6, 6.07) is 24.9. The van der Waals surface area contributed by atoms with Crippen LogP contribution in [0, 0.1) is 3.57 Å². The number of benzene rings is 3. The highest BCUT2D eigenvalue weighted by Crippen LogP contribution is 2.24. The van der Waals surface area contributed by atoms with Gasteiger partial charge in [0.1, 0.15) is 9.73 Å². The first-order valence-electron chi connectivity index (χ1n) is 7.27. The zero-order chi connectivity index (χ0) is 17.0. The van der Waals surface area contributed by atoms with Crippen LogP contribution in [0.3, 0.4) is 0 Å². The molecule has 0 aliphatic rings. The maximum Gasteiger partial charge on any atom is 0.285 e. The van der Waals surface area contributed by atoms with Gasteiger partial charge in [-0.25, -0.2) is 4.21 Å². The highest BCUT2D eigenvalue weighted by molar-refractivity contribution is 14.1. The number of carbonyl (C=O) groups excluding carboxylic acids is 1. The van der Waals surface area contributed by atoms with Crippen LogP contribution in [0.4, 0.5) is 0 Å². The Bertz CT molecular complexity index is 933. The lowest BCUT2D eigenvalue weighted by atomic mass is 10.2. The molecule has 0 unspecified atom stereocenters. The van der Waals surface area contributed by atoms with Gasteiger partial charge in [0, 0.05) is 9.13 Å². The molecule has 0 aromatic heterocycles. The molecule has 0 saturated carbocycles. The molecule has 3 aromatic carbocycles. The van der Waals surface area contributed by atoms with Crippen molar-refractivity contribution >= 4 is 38.2 Å². The van der Waals surface area contributed by atoms with Crippen LogP contribution in [-0.2, 0) is 9.73 Å². The lowest BCUT2D eigenvalue weighted by Crippen LogP contribution is -2.06. The van der Waals surface area contributed by atoms with Gasteiger partial charge in [0.25, 0.3) is 5.91 Å². The van der Waals surface area contributed by atoms with Crippen LogP contribution in [0.2, 0.25) is 0 Å². The molecule has 0 N–H and O–H groups in total. The minimum absolute atomic E-state index is 0.432. The van der Waals surface area contributed by atoms with E-state index in [0.717, 1.165) is 3.57 Å². The van der Waals surface area contributed by atoms with Crippen molar-refractivity contribution in [3.8, 4) is 0 Å². The maximum atomic E-state index is 13.7. The standard InChI is InChI=1S/C19H14INO2S/c20-16-9-7-8-15(14-16)19(22)21-24(23,17-10-3-1-4-11-17)18-12-5-2-6-13-18/h1-14H. The SMILES string of the molecule is O=C(N=S(=O)(c1ccccc1)c1ccccc1)c1cccc(I)c1. The number of carbonyl (C=O) groups is 1. The Labute approximate surface area is 155 Å². The first-order valence-corrected chi connectivity index (χ1v) is 9.86. The molecule has 0 aliphatic heterocycles. The molecule has 0 radical (unpaired) electrons. The monoisotopic (exact) mass is 447 g/mol. The third kappa shape index (κ3) is 3.57. The van der Waals surface area contributed by atoms with Crippen molar-refractivity contribution in [1.82, 2.24) is 0 Å². The van der Waals surface area contributed by atoms with Crippen LogP contribution in [0.15, 0.2) is 99.1 Å². The van der Waals surface area contributed by atoms with Gasteiger partial charge in [-0.1, -0.05) is 42.5 Å². The van der Waals surface area contributed by atoms with E-state index in [4.69, 9.17) is 0 Å². The van der Waals surface area contributed by atoms with Gasteiger partial charge in [0.15, 0.2) is 0 Å². The van der Waals surface area contributed by atoms with Gasteiger partial charge in [-0.15, -0.1) is 4.36 Å².